The fourth-order valence-corrected chi connectivity index (χ4v) is 6.66. The summed E-state index contributed by atoms with van der Waals surface area (Å²) in [6.45, 7) is 2.82. The van der Waals surface area contributed by atoms with Crippen molar-refractivity contribution in [1.82, 2.24) is 0 Å². The summed E-state index contributed by atoms with van der Waals surface area (Å²) in [5.74, 6) is -5.12. The molecule has 306 valence electrons. The van der Waals surface area contributed by atoms with E-state index in [-0.39, 0.29) is 83.0 Å². The van der Waals surface area contributed by atoms with E-state index in [1.165, 1.54) is 36.5 Å². The molecule has 2 atom stereocenters. The summed E-state index contributed by atoms with van der Waals surface area (Å²) in [6.07, 6.45) is 3.01. The molecule has 0 fully saturated rings. The first-order chi connectivity index (χ1) is 26.9. The third-order valence-corrected chi connectivity index (χ3v) is 9.78. The van der Waals surface area contributed by atoms with E-state index in [4.69, 9.17) is 5.11 Å². The summed E-state index contributed by atoms with van der Waals surface area (Å²) in [6, 6.07) is 24.1. The summed E-state index contributed by atoms with van der Waals surface area (Å²) in [7, 11) is 4.38. The van der Waals surface area contributed by atoms with Gasteiger partial charge in [-0.1, -0.05) is 105 Å². The van der Waals surface area contributed by atoms with Gasteiger partial charge >= 0.3 is 91.2 Å². The second-order valence-corrected chi connectivity index (χ2v) is 13.2. The first-order valence-electron chi connectivity index (χ1n) is 17.4. The van der Waals surface area contributed by atoms with Gasteiger partial charge in [0.25, 0.3) is 0 Å². The molecule has 0 spiro atoms. The first-order valence-corrected chi connectivity index (χ1v) is 19.6. The summed E-state index contributed by atoms with van der Waals surface area (Å²) in [5, 5.41) is 10.1. The van der Waals surface area contributed by atoms with Gasteiger partial charge in [-0.05, 0) is 59.1 Å². The predicted octanol–water partition coefficient (Wildman–Crippen LogP) is 1.77. The average molecular weight is 970 g/mol. The van der Waals surface area contributed by atoms with E-state index < -0.39 is 60.1 Å². The van der Waals surface area contributed by atoms with Crippen molar-refractivity contribution in [3.05, 3.63) is 106 Å². The number of Topliss-reactive ketones (excluding diaryl/α,β-unsaturated/α-hetero) is 3. The Morgan fingerprint density at radius 3 is 1.40 bits per heavy atom. The third kappa shape index (κ3) is 20.7. The van der Waals surface area contributed by atoms with Crippen LogP contribution in [0.25, 0.3) is 0 Å². The average Bonchev–Trinajstić information content (AvgIpc) is 3.52. The van der Waals surface area contributed by atoms with E-state index in [9.17, 15) is 33.6 Å². The van der Waals surface area contributed by atoms with Crippen LogP contribution in [-0.2, 0) is 88.5 Å². The number of aryl methyl sites for hydroxylation is 2. The standard InChI is InChI=1S/C15H16O5.C11H12O.C8H8Br2.C7H9O5.CH3O.Ca.Na.2H/c1-19-14(17)11-7-9-5-3-4-6-10(9)8-12(13(11)16)15(18)20-2;12-11-7-5-9-3-1-2-4-10(9)6-8-11;9-5-7-3-1-2-4-8(7)6-10;1-11-6(9)3-5(8)4-7(10)12-2;1-2;;;;/h3-6,11-12H,7-8H2,1-2H3;1-4H,5-8H2;1-4H,5-6H2;1,3-4H2,2H3;1H3;;;;/q;;;+1;-1;+2;+1;2*-1. The summed E-state index contributed by atoms with van der Waals surface area (Å²) in [4.78, 5) is 78.8. The van der Waals surface area contributed by atoms with Crippen molar-refractivity contribution in [2.75, 3.05) is 28.4 Å². The fraction of sp³-hybridized carbons (Fsp3) is 0.381. The minimum atomic E-state index is -0.951. The molecule has 0 saturated heterocycles. The molecule has 2 aliphatic carbocycles. The number of alkyl halides is 2. The van der Waals surface area contributed by atoms with Crippen molar-refractivity contribution < 1.29 is 89.7 Å². The summed E-state index contributed by atoms with van der Waals surface area (Å²) in [5.41, 5.74) is 7.23. The molecule has 5 rings (SSSR count). The van der Waals surface area contributed by atoms with Crippen LogP contribution in [0, 0.1) is 11.8 Å². The van der Waals surface area contributed by atoms with Crippen molar-refractivity contribution in [2.24, 2.45) is 11.8 Å². The van der Waals surface area contributed by atoms with Gasteiger partial charge in [0.1, 0.15) is 24.0 Å². The Bertz CT molecular complexity index is 1720. The number of halogens is 2. The second kappa shape index (κ2) is 33.3. The Kier molecular flexibility index (Phi) is 33.2. The van der Waals surface area contributed by atoms with Gasteiger partial charge in [-0.2, -0.15) is 7.11 Å². The van der Waals surface area contributed by atoms with Gasteiger partial charge in [0.15, 0.2) is 24.8 Å². The summed E-state index contributed by atoms with van der Waals surface area (Å²) >= 11 is 6.86. The predicted molar refractivity (Wildman–Crippen MR) is 222 cm³/mol. The molecule has 0 bridgehead atoms. The number of hydrogen-bond acceptors (Lipinski definition) is 11. The minimum Gasteiger partial charge on any atom is -1.00 e. The maximum Gasteiger partial charge on any atom is 2.00 e. The molecule has 58 heavy (non-hydrogen) atoms. The van der Waals surface area contributed by atoms with Crippen LogP contribution in [0.1, 0.15) is 61.9 Å². The number of carbonyl (C=O) groups excluding carboxylic acids is 8. The zero-order chi connectivity index (χ0) is 42.0. The third-order valence-electron chi connectivity index (χ3n) is 8.57. The van der Waals surface area contributed by atoms with Crippen LogP contribution in [0.15, 0.2) is 72.8 Å². The number of hydrogen-bond donors (Lipinski definition) is 0. The Hall–Kier alpha value is -2.40. The number of ketones is 3. The molecule has 0 aliphatic heterocycles. The van der Waals surface area contributed by atoms with Gasteiger partial charge in [-0.15, -0.1) is 0 Å². The molecule has 0 N–H and O–H groups in total. The minimum absolute atomic E-state index is 0. The first kappa shape index (κ1) is 57.7. The number of methoxy groups -OCH3 is 3. The van der Waals surface area contributed by atoms with Gasteiger partial charge in [-0.25, -0.2) is 0 Å². The maximum absolute atomic E-state index is 12.4. The molecule has 16 heteroatoms. The molecular formula is C42H50Br2CaNaO12+. The topological polar surface area (TPSA) is 182 Å². The Morgan fingerprint density at radius 2 is 1.05 bits per heavy atom. The molecule has 0 saturated carbocycles. The van der Waals surface area contributed by atoms with Crippen LogP contribution in [0.5, 0.6) is 0 Å². The SMILES string of the molecule is BrCc1ccccc1CBr.C=[O+]C(=O)CC(=O)CC(=O)OC.COC(=O)C1Cc2ccccc2CC(C(=O)OC)C1=O.C[O-].O=C1CCc2ccccc2CC1.[Ca+2].[H-].[H-].[Na+]. The molecule has 0 radical (unpaired) electrons. The second-order valence-electron chi connectivity index (χ2n) is 12.1. The number of ether oxygens (including phenoxy) is 3. The fourth-order valence-electron chi connectivity index (χ4n) is 5.57. The monoisotopic (exact) mass is 967 g/mol. The Labute approximate surface area is 411 Å². The maximum atomic E-state index is 12.4. The number of esters is 3. The quantitative estimate of drug-likeness (QED) is 0.0611. The van der Waals surface area contributed by atoms with Crippen LogP contribution in [0.2, 0.25) is 0 Å². The largest absolute Gasteiger partial charge is 2.00 e. The molecular weight excluding hydrogens is 919 g/mol. The molecule has 3 aromatic rings. The molecule has 0 heterocycles. The van der Waals surface area contributed by atoms with Gasteiger partial charge in [-0.3, -0.25) is 33.2 Å². The van der Waals surface area contributed by atoms with E-state index in [0.717, 1.165) is 61.7 Å². The van der Waals surface area contributed by atoms with Crippen LogP contribution >= 0.6 is 31.9 Å². The van der Waals surface area contributed by atoms with E-state index >= 15 is 0 Å². The van der Waals surface area contributed by atoms with Gasteiger partial charge in [0, 0.05) is 28.3 Å². The Balaban J connectivity index is -0.000000348. The zero-order valence-corrected chi connectivity index (χ0v) is 41.1. The van der Waals surface area contributed by atoms with Gasteiger partial charge < -0.3 is 22.2 Å². The van der Waals surface area contributed by atoms with E-state index in [1.54, 1.807) is 0 Å². The van der Waals surface area contributed by atoms with Gasteiger partial charge in [0.05, 0.1) is 21.3 Å². The number of carbonyl (C=O) groups is 7. The van der Waals surface area contributed by atoms with Crippen molar-refractivity contribution in [3.63, 3.8) is 0 Å². The van der Waals surface area contributed by atoms with Crippen molar-refractivity contribution in [1.29, 1.82) is 0 Å². The molecule has 0 amide bonds. The zero-order valence-electron chi connectivity index (χ0n) is 35.7. The smallest absolute Gasteiger partial charge is 1.00 e. The number of rotatable bonds is 8. The molecule has 2 aliphatic rings. The van der Waals surface area contributed by atoms with Crippen molar-refractivity contribution in [3.8, 4) is 0 Å². The van der Waals surface area contributed by atoms with Crippen molar-refractivity contribution in [2.45, 2.75) is 62.0 Å². The van der Waals surface area contributed by atoms with Crippen LogP contribution in [0.4, 0.5) is 0 Å². The van der Waals surface area contributed by atoms with E-state index in [0.29, 0.717) is 5.78 Å². The van der Waals surface area contributed by atoms with E-state index in [2.05, 4.69) is 106 Å². The van der Waals surface area contributed by atoms with Crippen LogP contribution in [-0.4, -0.2) is 114 Å². The van der Waals surface area contributed by atoms with Crippen molar-refractivity contribution >= 4 is 118 Å². The normalized spacial score (nSPS) is 14.5. The summed E-state index contributed by atoms with van der Waals surface area (Å²) < 4.78 is 17.5. The number of benzene rings is 3. The molecule has 3 aromatic carbocycles. The Morgan fingerprint density at radius 1 is 0.672 bits per heavy atom. The van der Waals surface area contributed by atoms with Gasteiger partial charge in [0.2, 0.25) is 0 Å². The molecule has 2 unspecified atom stereocenters. The van der Waals surface area contributed by atoms with E-state index in [1.807, 2.05) is 24.3 Å². The van der Waals surface area contributed by atoms with Crippen LogP contribution < -0.4 is 34.7 Å². The van der Waals surface area contributed by atoms with Crippen LogP contribution in [0.3, 0.4) is 0 Å². The number of fused-ring (bicyclic) bond motifs is 2. The molecule has 0 aromatic heterocycles. The molecule has 12 nitrogen and oxygen atoms in total.